The minimum absolute atomic E-state index is 0.137. The number of halogens is 1. The molecule has 7 heteroatoms. The quantitative estimate of drug-likeness (QED) is 0.725. The van der Waals surface area contributed by atoms with E-state index in [-0.39, 0.29) is 10.8 Å². The Kier molecular flexibility index (Phi) is 2.83. The average Bonchev–Trinajstić information content (AvgIpc) is 2.03. The van der Waals surface area contributed by atoms with Crippen LogP contribution in [0.2, 0.25) is 5.15 Å². The van der Waals surface area contributed by atoms with Gasteiger partial charge in [-0.1, -0.05) is 23.4 Å². The van der Waals surface area contributed by atoms with Crippen LogP contribution in [-0.4, -0.2) is 32.5 Å². The largest absolute Gasteiger partial charge is 0.476 e. The Hall–Kier alpha value is -0.880. The molecule has 1 aromatic rings. The highest BCUT2D eigenvalue weighted by Crippen LogP contribution is 2.13. The first-order valence-corrected chi connectivity index (χ1v) is 4.43. The maximum atomic E-state index is 10.4. The lowest BCUT2D eigenvalue weighted by Gasteiger charge is -1.96. The Bertz CT molecular complexity index is 320. The molecule has 0 atom stereocenters. The summed E-state index contributed by atoms with van der Waals surface area (Å²) in [7, 11) is 0. The van der Waals surface area contributed by atoms with Gasteiger partial charge in [0.05, 0.1) is 0 Å². The summed E-state index contributed by atoms with van der Waals surface area (Å²) >= 11 is 6.74. The van der Waals surface area contributed by atoms with E-state index in [4.69, 9.17) is 16.7 Å². The predicted octanol–water partition coefficient (Wildman–Crippen LogP) is 0.945. The lowest BCUT2D eigenvalue weighted by atomic mass is 10.5. The van der Waals surface area contributed by atoms with Crippen molar-refractivity contribution in [3.63, 3.8) is 0 Å². The Morgan fingerprint density at radius 2 is 2.25 bits per heavy atom. The normalized spacial score (nSPS) is 9.83. The van der Waals surface area contributed by atoms with Crippen LogP contribution in [0.1, 0.15) is 10.5 Å². The molecule has 1 heterocycles. The minimum Gasteiger partial charge on any atom is -0.476 e. The number of carbonyl (C=O) groups is 1. The van der Waals surface area contributed by atoms with Crippen molar-refractivity contribution < 1.29 is 9.90 Å². The SMILES string of the molecule is CSc1nnc(C(=O)O)c(Cl)n1. The summed E-state index contributed by atoms with van der Waals surface area (Å²) in [6, 6.07) is 0. The van der Waals surface area contributed by atoms with Gasteiger partial charge in [0.2, 0.25) is 10.9 Å². The Balaban J connectivity index is 3.12. The fraction of sp³-hybridized carbons (Fsp3) is 0.200. The van der Waals surface area contributed by atoms with Gasteiger partial charge in [-0.15, -0.1) is 10.2 Å². The van der Waals surface area contributed by atoms with E-state index >= 15 is 0 Å². The van der Waals surface area contributed by atoms with Crippen LogP contribution in [0.25, 0.3) is 0 Å². The number of carboxylic acids is 1. The molecule has 0 unspecified atom stereocenters. The molecule has 0 aliphatic rings. The highest BCUT2D eigenvalue weighted by atomic mass is 35.5. The molecule has 0 saturated carbocycles. The van der Waals surface area contributed by atoms with E-state index in [1.165, 1.54) is 11.8 Å². The van der Waals surface area contributed by atoms with Gasteiger partial charge in [-0.05, 0) is 6.26 Å². The summed E-state index contributed by atoms with van der Waals surface area (Å²) in [6.07, 6.45) is 1.74. The van der Waals surface area contributed by atoms with Gasteiger partial charge < -0.3 is 5.11 Å². The summed E-state index contributed by atoms with van der Waals surface area (Å²) in [5.41, 5.74) is -0.325. The Labute approximate surface area is 77.2 Å². The lowest BCUT2D eigenvalue weighted by molar-refractivity contribution is 0.0688. The van der Waals surface area contributed by atoms with Crippen molar-refractivity contribution in [1.29, 1.82) is 0 Å². The fourth-order valence-electron chi connectivity index (χ4n) is 0.511. The monoisotopic (exact) mass is 205 g/mol. The maximum Gasteiger partial charge on any atom is 0.359 e. The number of carboxylic acid groups (broad SMARTS) is 1. The predicted molar refractivity (Wildman–Crippen MR) is 43.6 cm³/mol. The summed E-state index contributed by atoms with van der Waals surface area (Å²) in [4.78, 5) is 14.1. The Morgan fingerprint density at radius 1 is 1.58 bits per heavy atom. The molecule has 0 aliphatic heterocycles. The van der Waals surface area contributed by atoms with Crippen molar-refractivity contribution in [2.45, 2.75) is 5.16 Å². The molecule has 1 rings (SSSR count). The molecule has 0 spiro atoms. The van der Waals surface area contributed by atoms with E-state index in [0.29, 0.717) is 5.16 Å². The van der Waals surface area contributed by atoms with E-state index in [1.807, 2.05) is 0 Å². The van der Waals surface area contributed by atoms with Gasteiger partial charge in [-0.3, -0.25) is 0 Å². The zero-order valence-corrected chi connectivity index (χ0v) is 7.56. The minimum atomic E-state index is -1.23. The van der Waals surface area contributed by atoms with Crippen molar-refractivity contribution in [2.75, 3.05) is 6.26 Å². The number of hydrogen-bond donors (Lipinski definition) is 1. The van der Waals surface area contributed by atoms with Crippen molar-refractivity contribution in [2.24, 2.45) is 0 Å². The van der Waals surface area contributed by atoms with Crippen molar-refractivity contribution in [1.82, 2.24) is 15.2 Å². The smallest absolute Gasteiger partial charge is 0.359 e. The van der Waals surface area contributed by atoms with Crippen LogP contribution in [-0.2, 0) is 0 Å². The van der Waals surface area contributed by atoms with E-state index in [2.05, 4.69) is 15.2 Å². The van der Waals surface area contributed by atoms with Gasteiger partial charge >= 0.3 is 5.97 Å². The first-order valence-electron chi connectivity index (χ1n) is 2.82. The third-order valence-electron chi connectivity index (χ3n) is 1.01. The number of thioether (sulfide) groups is 1. The number of aromatic nitrogens is 3. The van der Waals surface area contributed by atoms with E-state index in [0.717, 1.165) is 0 Å². The molecule has 5 nitrogen and oxygen atoms in total. The number of hydrogen-bond acceptors (Lipinski definition) is 5. The molecule has 1 aromatic heterocycles. The van der Waals surface area contributed by atoms with Gasteiger partial charge in [0, 0.05) is 0 Å². The van der Waals surface area contributed by atoms with Crippen LogP contribution in [0.3, 0.4) is 0 Å². The molecule has 0 saturated heterocycles. The molecule has 0 fully saturated rings. The first-order chi connectivity index (χ1) is 5.65. The van der Waals surface area contributed by atoms with Crippen molar-refractivity contribution in [3.05, 3.63) is 10.8 Å². The van der Waals surface area contributed by atoms with E-state index in [1.54, 1.807) is 6.26 Å². The summed E-state index contributed by atoms with van der Waals surface area (Å²) in [5.74, 6) is -1.23. The van der Waals surface area contributed by atoms with Crippen molar-refractivity contribution in [3.8, 4) is 0 Å². The van der Waals surface area contributed by atoms with Crippen LogP contribution in [0.15, 0.2) is 5.16 Å². The number of aromatic carboxylic acids is 1. The zero-order chi connectivity index (χ0) is 9.14. The van der Waals surface area contributed by atoms with Gasteiger partial charge in [-0.2, -0.15) is 0 Å². The standard InChI is InChI=1S/C5H4ClN3O2S/c1-12-5-7-3(6)2(4(10)11)8-9-5/h1H3,(H,10,11). The van der Waals surface area contributed by atoms with Crippen LogP contribution < -0.4 is 0 Å². The van der Waals surface area contributed by atoms with Gasteiger partial charge in [0.25, 0.3) is 0 Å². The molecular weight excluding hydrogens is 202 g/mol. The van der Waals surface area contributed by atoms with Gasteiger partial charge in [-0.25, -0.2) is 9.78 Å². The molecule has 64 valence electrons. The van der Waals surface area contributed by atoms with Crippen molar-refractivity contribution >= 4 is 29.3 Å². The molecule has 0 aromatic carbocycles. The zero-order valence-electron chi connectivity index (χ0n) is 5.98. The second kappa shape index (κ2) is 3.68. The van der Waals surface area contributed by atoms with Crippen LogP contribution in [0, 0.1) is 0 Å². The molecule has 0 bridgehead atoms. The molecule has 0 amide bonds. The average molecular weight is 206 g/mol. The second-order valence-corrected chi connectivity index (χ2v) is 2.87. The Morgan fingerprint density at radius 3 is 2.67 bits per heavy atom. The lowest BCUT2D eigenvalue weighted by Crippen LogP contribution is -2.05. The highest BCUT2D eigenvalue weighted by Gasteiger charge is 2.13. The third kappa shape index (κ3) is 1.83. The second-order valence-electron chi connectivity index (χ2n) is 1.74. The molecule has 0 aliphatic carbocycles. The summed E-state index contributed by atoms with van der Waals surface area (Å²) < 4.78 is 0. The maximum absolute atomic E-state index is 10.4. The van der Waals surface area contributed by atoms with Crippen LogP contribution in [0.5, 0.6) is 0 Å². The number of rotatable bonds is 2. The van der Waals surface area contributed by atoms with E-state index in [9.17, 15) is 4.79 Å². The molecule has 0 radical (unpaired) electrons. The fourth-order valence-corrected chi connectivity index (χ4v) is 1.06. The van der Waals surface area contributed by atoms with Crippen LogP contribution >= 0.6 is 23.4 Å². The molecule has 12 heavy (non-hydrogen) atoms. The van der Waals surface area contributed by atoms with Gasteiger partial charge in [0.1, 0.15) is 0 Å². The summed E-state index contributed by atoms with van der Waals surface area (Å²) in [6.45, 7) is 0. The van der Waals surface area contributed by atoms with E-state index < -0.39 is 5.97 Å². The first kappa shape index (κ1) is 9.21. The summed E-state index contributed by atoms with van der Waals surface area (Å²) in [5, 5.41) is 15.6. The third-order valence-corrected chi connectivity index (χ3v) is 1.81. The topological polar surface area (TPSA) is 76.0 Å². The molecule has 1 N–H and O–H groups in total. The molecular formula is C5H4ClN3O2S. The number of nitrogens with zero attached hydrogens (tertiary/aromatic N) is 3. The van der Waals surface area contributed by atoms with Crippen LogP contribution in [0.4, 0.5) is 0 Å². The highest BCUT2D eigenvalue weighted by molar-refractivity contribution is 7.98. The van der Waals surface area contributed by atoms with Gasteiger partial charge in [0.15, 0.2) is 5.15 Å².